The van der Waals surface area contributed by atoms with Crippen molar-refractivity contribution in [2.45, 2.75) is 0 Å². The van der Waals surface area contributed by atoms with Gasteiger partial charge in [-0.1, -0.05) is 29.3 Å². The van der Waals surface area contributed by atoms with Crippen molar-refractivity contribution in [2.24, 2.45) is 0 Å². The van der Waals surface area contributed by atoms with Gasteiger partial charge < -0.3 is 5.32 Å². The van der Waals surface area contributed by atoms with E-state index in [2.05, 4.69) is 15.3 Å². The van der Waals surface area contributed by atoms with Gasteiger partial charge in [-0.25, -0.2) is 9.97 Å². The Morgan fingerprint density at radius 1 is 1.21 bits per heavy atom. The number of nitrogens with zero attached hydrogens (tertiary/aromatic N) is 3. The number of anilines is 1. The monoisotopic (exact) mass is 292 g/mol. The van der Waals surface area contributed by atoms with Gasteiger partial charge in [-0.05, 0) is 18.2 Å². The Morgan fingerprint density at radius 2 is 2.05 bits per heavy atom. The third kappa shape index (κ3) is 2.03. The molecule has 0 saturated heterocycles. The van der Waals surface area contributed by atoms with Crippen molar-refractivity contribution in [3.8, 4) is 11.4 Å². The molecule has 19 heavy (non-hydrogen) atoms. The number of imidazole rings is 1. The average Bonchev–Trinajstić information content (AvgIpc) is 2.87. The molecule has 3 rings (SSSR count). The van der Waals surface area contributed by atoms with E-state index in [9.17, 15) is 0 Å². The second kappa shape index (κ2) is 4.72. The third-order valence-corrected chi connectivity index (χ3v) is 3.41. The highest BCUT2D eigenvalue weighted by Crippen LogP contribution is 2.32. The molecule has 3 aromatic heterocycles. The SMILES string of the molecule is CNc1nc(-c2cccc3nccn23)c(Cl)cc1Cl. The van der Waals surface area contributed by atoms with E-state index in [1.165, 1.54) is 0 Å². The Balaban J connectivity index is 2.29. The van der Waals surface area contributed by atoms with Gasteiger partial charge in [-0.2, -0.15) is 0 Å². The minimum absolute atomic E-state index is 0.494. The Labute approximate surface area is 120 Å². The number of halogens is 2. The predicted molar refractivity (Wildman–Crippen MR) is 78.0 cm³/mol. The Hall–Kier alpha value is -1.78. The molecule has 0 spiro atoms. The smallest absolute Gasteiger partial charge is 0.145 e. The van der Waals surface area contributed by atoms with E-state index in [-0.39, 0.29) is 0 Å². The lowest BCUT2D eigenvalue weighted by Crippen LogP contribution is -1.99. The number of rotatable bonds is 2. The van der Waals surface area contributed by atoms with Crippen molar-refractivity contribution in [1.29, 1.82) is 0 Å². The van der Waals surface area contributed by atoms with Crippen molar-refractivity contribution in [3.05, 3.63) is 46.7 Å². The van der Waals surface area contributed by atoms with Crippen LogP contribution >= 0.6 is 23.2 Å². The van der Waals surface area contributed by atoms with Gasteiger partial charge in [0.25, 0.3) is 0 Å². The molecule has 0 bridgehead atoms. The zero-order chi connectivity index (χ0) is 13.4. The number of nitrogens with one attached hydrogen (secondary N) is 1. The van der Waals surface area contributed by atoms with Crippen LogP contribution in [-0.2, 0) is 0 Å². The molecule has 0 aromatic carbocycles. The molecule has 0 atom stereocenters. The quantitative estimate of drug-likeness (QED) is 0.782. The lowest BCUT2D eigenvalue weighted by atomic mass is 10.2. The summed E-state index contributed by atoms with van der Waals surface area (Å²) in [5.74, 6) is 0.596. The van der Waals surface area contributed by atoms with Crippen LogP contribution in [0.1, 0.15) is 0 Å². The normalized spacial score (nSPS) is 10.9. The second-order valence-electron chi connectivity index (χ2n) is 3.97. The van der Waals surface area contributed by atoms with E-state index >= 15 is 0 Å². The van der Waals surface area contributed by atoms with E-state index in [0.29, 0.717) is 21.6 Å². The van der Waals surface area contributed by atoms with Crippen molar-refractivity contribution in [1.82, 2.24) is 14.4 Å². The highest BCUT2D eigenvalue weighted by atomic mass is 35.5. The van der Waals surface area contributed by atoms with Gasteiger partial charge in [0.15, 0.2) is 0 Å². The van der Waals surface area contributed by atoms with Gasteiger partial charge in [0.2, 0.25) is 0 Å². The molecular weight excluding hydrogens is 283 g/mol. The van der Waals surface area contributed by atoms with E-state index in [0.717, 1.165) is 11.3 Å². The van der Waals surface area contributed by atoms with Gasteiger partial charge in [0.05, 0.1) is 15.7 Å². The summed E-state index contributed by atoms with van der Waals surface area (Å²) >= 11 is 12.3. The minimum atomic E-state index is 0.494. The number of pyridine rings is 2. The Kier molecular flexibility index (Phi) is 3.05. The first-order chi connectivity index (χ1) is 9.20. The molecule has 1 N–H and O–H groups in total. The molecule has 96 valence electrons. The summed E-state index contributed by atoms with van der Waals surface area (Å²) in [4.78, 5) is 8.71. The predicted octanol–water partition coefficient (Wildman–Crippen LogP) is 3.74. The Morgan fingerprint density at radius 3 is 2.84 bits per heavy atom. The largest absolute Gasteiger partial charge is 0.372 e. The molecule has 0 aliphatic heterocycles. The van der Waals surface area contributed by atoms with E-state index in [4.69, 9.17) is 23.2 Å². The summed E-state index contributed by atoms with van der Waals surface area (Å²) in [5.41, 5.74) is 2.38. The third-order valence-electron chi connectivity index (χ3n) is 2.84. The van der Waals surface area contributed by atoms with Gasteiger partial charge in [-0.3, -0.25) is 4.40 Å². The fourth-order valence-corrected chi connectivity index (χ4v) is 2.51. The number of fused-ring (bicyclic) bond motifs is 1. The molecular formula is C13H10Cl2N4. The summed E-state index contributed by atoms with van der Waals surface area (Å²) in [6.45, 7) is 0. The maximum Gasteiger partial charge on any atom is 0.145 e. The van der Waals surface area contributed by atoms with Crippen LogP contribution in [0.2, 0.25) is 10.0 Å². The van der Waals surface area contributed by atoms with Crippen LogP contribution in [0.5, 0.6) is 0 Å². The topological polar surface area (TPSA) is 42.2 Å². The number of hydrogen-bond acceptors (Lipinski definition) is 3. The highest BCUT2D eigenvalue weighted by molar-refractivity contribution is 6.37. The van der Waals surface area contributed by atoms with Crippen LogP contribution in [0.25, 0.3) is 17.0 Å². The first-order valence-corrected chi connectivity index (χ1v) is 6.42. The molecule has 3 aromatic rings. The molecule has 0 aliphatic carbocycles. The van der Waals surface area contributed by atoms with Gasteiger partial charge in [0, 0.05) is 19.4 Å². The van der Waals surface area contributed by atoms with E-state index < -0.39 is 0 Å². The van der Waals surface area contributed by atoms with E-state index in [1.807, 2.05) is 28.8 Å². The minimum Gasteiger partial charge on any atom is -0.372 e. The molecule has 4 nitrogen and oxygen atoms in total. The summed E-state index contributed by atoms with van der Waals surface area (Å²) in [6.07, 6.45) is 3.61. The molecule has 0 radical (unpaired) electrons. The van der Waals surface area contributed by atoms with Crippen LogP contribution in [-0.4, -0.2) is 21.4 Å². The van der Waals surface area contributed by atoms with Crippen molar-refractivity contribution in [3.63, 3.8) is 0 Å². The fraction of sp³-hybridized carbons (Fsp3) is 0.0769. The van der Waals surface area contributed by atoms with Gasteiger partial charge in [0.1, 0.15) is 17.2 Å². The van der Waals surface area contributed by atoms with E-state index in [1.54, 1.807) is 19.3 Å². The maximum atomic E-state index is 6.25. The number of aromatic nitrogens is 3. The molecule has 0 unspecified atom stereocenters. The molecule has 6 heteroatoms. The summed E-state index contributed by atoms with van der Waals surface area (Å²) in [6, 6.07) is 7.47. The summed E-state index contributed by atoms with van der Waals surface area (Å²) in [5, 5.41) is 3.95. The standard InChI is InChI=1S/C13H10Cl2N4/c1-16-13-9(15)7-8(14)12(18-13)10-3-2-4-11-17-5-6-19(10)11/h2-7H,1H3,(H,16,18). The average molecular weight is 293 g/mol. The molecule has 0 amide bonds. The van der Waals surface area contributed by atoms with Crippen molar-refractivity contribution in [2.75, 3.05) is 12.4 Å². The molecule has 0 aliphatic rings. The second-order valence-corrected chi connectivity index (χ2v) is 4.78. The van der Waals surface area contributed by atoms with Crippen LogP contribution in [0.4, 0.5) is 5.82 Å². The van der Waals surface area contributed by atoms with Crippen LogP contribution in [0.15, 0.2) is 36.7 Å². The molecule has 0 saturated carbocycles. The lowest BCUT2D eigenvalue weighted by molar-refractivity contribution is 1.16. The maximum absolute atomic E-state index is 6.25. The van der Waals surface area contributed by atoms with Crippen molar-refractivity contribution < 1.29 is 0 Å². The van der Waals surface area contributed by atoms with Gasteiger partial charge >= 0.3 is 0 Å². The molecule has 0 fully saturated rings. The lowest BCUT2D eigenvalue weighted by Gasteiger charge is -2.10. The first kappa shape index (κ1) is 12.3. The summed E-state index contributed by atoms with van der Waals surface area (Å²) in [7, 11) is 1.77. The van der Waals surface area contributed by atoms with Crippen molar-refractivity contribution >= 4 is 34.7 Å². The zero-order valence-electron chi connectivity index (χ0n) is 10.1. The highest BCUT2D eigenvalue weighted by Gasteiger charge is 2.13. The molecule has 3 heterocycles. The van der Waals surface area contributed by atoms with Crippen LogP contribution in [0.3, 0.4) is 0 Å². The van der Waals surface area contributed by atoms with Gasteiger partial charge in [-0.15, -0.1) is 0 Å². The zero-order valence-corrected chi connectivity index (χ0v) is 11.6. The first-order valence-electron chi connectivity index (χ1n) is 5.67. The number of hydrogen-bond donors (Lipinski definition) is 1. The van der Waals surface area contributed by atoms with Crippen LogP contribution in [0, 0.1) is 0 Å². The Bertz CT molecular complexity index is 751. The fourth-order valence-electron chi connectivity index (χ4n) is 1.96. The summed E-state index contributed by atoms with van der Waals surface area (Å²) < 4.78 is 1.93. The van der Waals surface area contributed by atoms with Crippen LogP contribution < -0.4 is 5.32 Å².